The lowest BCUT2D eigenvalue weighted by atomic mass is 9.87. The molecule has 2 heterocycles. The summed E-state index contributed by atoms with van der Waals surface area (Å²) in [5.41, 5.74) is 0.580. The lowest BCUT2D eigenvalue weighted by molar-refractivity contribution is -0.125. The number of hydrogen-bond acceptors (Lipinski definition) is 3. The summed E-state index contributed by atoms with van der Waals surface area (Å²) in [6.07, 6.45) is 1.34. The zero-order valence-corrected chi connectivity index (χ0v) is 12.6. The van der Waals surface area contributed by atoms with Crippen molar-refractivity contribution in [3.63, 3.8) is 0 Å². The molecular weight excluding hydrogens is 322 g/mol. The minimum absolute atomic E-state index is 0.175. The molecule has 2 N–H and O–H groups in total. The second kappa shape index (κ2) is 5.18. The third-order valence-corrected chi connectivity index (χ3v) is 4.57. The highest BCUT2D eigenvalue weighted by atomic mass is 79.9. The average Bonchev–Trinajstić information content (AvgIpc) is 2.70. The van der Waals surface area contributed by atoms with Crippen LogP contribution in [0, 0.1) is 0 Å². The van der Waals surface area contributed by atoms with Crippen molar-refractivity contribution in [2.75, 3.05) is 13.1 Å². The Bertz CT molecular complexity index is 536. The van der Waals surface area contributed by atoms with Gasteiger partial charge >= 0.3 is 6.03 Å². The van der Waals surface area contributed by atoms with Gasteiger partial charge in [-0.1, -0.05) is 28.1 Å². The zero-order valence-electron chi connectivity index (χ0n) is 11.0. The molecule has 20 heavy (non-hydrogen) atoms. The molecule has 0 saturated carbocycles. The van der Waals surface area contributed by atoms with Crippen LogP contribution in [0.25, 0.3) is 0 Å². The number of nitrogens with one attached hydrogen (secondary N) is 2. The molecule has 2 aliphatic rings. The molecular formula is C14H16BrN3O2. The normalized spacial score (nSPS) is 21.9. The lowest BCUT2D eigenvalue weighted by Gasteiger charge is -2.37. The predicted octanol–water partition coefficient (Wildman–Crippen LogP) is 1.62. The van der Waals surface area contributed by atoms with Crippen molar-refractivity contribution < 1.29 is 9.59 Å². The maximum atomic E-state index is 11.8. The van der Waals surface area contributed by atoms with Crippen LogP contribution in [0.15, 0.2) is 28.7 Å². The van der Waals surface area contributed by atoms with Gasteiger partial charge in [-0.2, -0.15) is 0 Å². The van der Waals surface area contributed by atoms with Gasteiger partial charge in [0.05, 0.1) is 0 Å². The van der Waals surface area contributed by atoms with E-state index in [2.05, 4.69) is 43.6 Å². The molecule has 1 spiro atoms. The number of urea groups is 1. The number of hydrogen-bond donors (Lipinski definition) is 2. The van der Waals surface area contributed by atoms with Crippen LogP contribution in [0.4, 0.5) is 4.79 Å². The van der Waals surface area contributed by atoms with E-state index in [-0.39, 0.29) is 11.9 Å². The van der Waals surface area contributed by atoms with E-state index in [1.165, 1.54) is 5.56 Å². The maximum absolute atomic E-state index is 11.8. The fourth-order valence-corrected chi connectivity index (χ4v) is 3.09. The Labute approximate surface area is 125 Å². The Balaban J connectivity index is 1.60. The second-order valence-electron chi connectivity index (χ2n) is 5.39. The first-order valence-electron chi connectivity index (χ1n) is 6.68. The third-order valence-electron chi connectivity index (χ3n) is 4.04. The molecule has 0 atom stereocenters. The van der Waals surface area contributed by atoms with Gasteiger partial charge in [-0.3, -0.25) is 15.0 Å². The predicted molar refractivity (Wildman–Crippen MR) is 78.1 cm³/mol. The van der Waals surface area contributed by atoms with Crippen molar-refractivity contribution in [1.82, 2.24) is 15.5 Å². The van der Waals surface area contributed by atoms with Gasteiger partial charge in [0.25, 0.3) is 5.91 Å². The van der Waals surface area contributed by atoms with Gasteiger partial charge in [0.2, 0.25) is 0 Å². The summed E-state index contributed by atoms with van der Waals surface area (Å²) >= 11 is 3.43. The van der Waals surface area contributed by atoms with Gasteiger partial charge < -0.3 is 5.32 Å². The number of halogens is 1. The SMILES string of the molecule is O=C1NC(=O)C2(CCN(Cc3ccc(Br)cc3)CC2)N1. The van der Waals surface area contributed by atoms with Crippen LogP contribution >= 0.6 is 15.9 Å². The molecule has 0 bridgehead atoms. The first-order chi connectivity index (χ1) is 9.57. The van der Waals surface area contributed by atoms with Crippen LogP contribution in [0.3, 0.4) is 0 Å². The van der Waals surface area contributed by atoms with Crippen LogP contribution < -0.4 is 10.6 Å². The third kappa shape index (κ3) is 2.58. The van der Waals surface area contributed by atoms with E-state index in [1.807, 2.05) is 12.1 Å². The van der Waals surface area contributed by atoms with Crippen molar-refractivity contribution in [2.24, 2.45) is 0 Å². The van der Waals surface area contributed by atoms with Gasteiger partial charge in [0.15, 0.2) is 0 Å². The molecule has 0 radical (unpaired) electrons. The van der Waals surface area contributed by atoms with E-state index in [1.54, 1.807) is 0 Å². The fourth-order valence-electron chi connectivity index (χ4n) is 2.82. The van der Waals surface area contributed by atoms with E-state index in [0.717, 1.165) is 24.1 Å². The Morgan fingerprint density at radius 1 is 1.15 bits per heavy atom. The number of rotatable bonds is 2. The number of carbonyl (C=O) groups excluding carboxylic acids is 2. The van der Waals surface area contributed by atoms with Crippen LogP contribution in [-0.4, -0.2) is 35.5 Å². The number of benzene rings is 1. The Kier molecular flexibility index (Phi) is 3.52. The standard InChI is InChI=1S/C14H16BrN3O2/c15-11-3-1-10(2-4-11)9-18-7-5-14(6-8-18)12(19)16-13(20)17-14/h1-4H,5-9H2,(H2,16,17,19,20). The second-order valence-corrected chi connectivity index (χ2v) is 6.31. The Hall–Kier alpha value is -1.40. The molecule has 1 aromatic carbocycles. The molecule has 5 nitrogen and oxygen atoms in total. The number of imide groups is 1. The maximum Gasteiger partial charge on any atom is 0.322 e. The van der Waals surface area contributed by atoms with E-state index in [4.69, 9.17) is 0 Å². The minimum Gasteiger partial charge on any atom is -0.323 e. The van der Waals surface area contributed by atoms with Crippen LogP contribution in [0.1, 0.15) is 18.4 Å². The number of piperidine rings is 1. The van der Waals surface area contributed by atoms with Crippen LogP contribution in [0.2, 0.25) is 0 Å². The molecule has 1 aromatic rings. The van der Waals surface area contributed by atoms with Gasteiger partial charge in [0, 0.05) is 24.1 Å². The molecule has 2 fully saturated rings. The minimum atomic E-state index is -0.673. The number of nitrogens with zero attached hydrogens (tertiary/aromatic N) is 1. The molecule has 2 aliphatic heterocycles. The highest BCUT2D eigenvalue weighted by Crippen LogP contribution is 2.26. The molecule has 106 valence electrons. The monoisotopic (exact) mass is 337 g/mol. The number of likely N-dealkylation sites (tertiary alicyclic amines) is 1. The number of amides is 3. The summed E-state index contributed by atoms with van der Waals surface area (Å²) in [7, 11) is 0. The first kappa shape index (κ1) is 13.6. The molecule has 0 aromatic heterocycles. The van der Waals surface area contributed by atoms with Crippen LogP contribution in [0.5, 0.6) is 0 Å². The molecule has 3 amide bonds. The quantitative estimate of drug-likeness (QED) is 0.806. The highest BCUT2D eigenvalue weighted by molar-refractivity contribution is 9.10. The summed E-state index contributed by atoms with van der Waals surface area (Å²) in [5.74, 6) is -0.175. The molecule has 2 saturated heterocycles. The highest BCUT2D eigenvalue weighted by Gasteiger charge is 2.47. The van der Waals surface area contributed by atoms with Crippen molar-refractivity contribution in [3.8, 4) is 0 Å². The lowest BCUT2D eigenvalue weighted by Crippen LogP contribution is -2.54. The molecule has 0 unspecified atom stereocenters. The average molecular weight is 338 g/mol. The van der Waals surface area contributed by atoms with E-state index >= 15 is 0 Å². The molecule has 3 rings (SSSR count). The van der Waals surface area contributed by atoms with E-state index < -0.39 is 5.54 Å². The largest absolute Gasteiger partial charge is 0.323 e. The summed E-state index contributed by atoms with van der Waals surface area (Å²) in [6, 6.07) is 7.89. The van der Waals surface area contributed by atoms with Gasteiger partial charge in [-0.05, 0) is 30.5 Å². The van der Waals surface area contributed by atoms with Crippen molar-refractivity contribution in [1.29, 1.82) is 0 Å². The first-order valence-corrected chi connectivity index (χ1v) is 7.47. The topological polar surface area (TPSA) is 61.4 Å². The Morgan fingerprint density at radius 3 is 2.35 bits per heavy atom. The fraction of sp³-hybridized carbons (Fsp3) is 0.429. The Morgan fingerprint density at radius 2 is 1.80 bits per heavy atom. The number of carbonyl (C=O) groups is 2. The summed E-state index contributed by atoms with van der Waals surface area (Å²) < 4.78 is 1.07. The van der Waals surface area contributed by atoms with Crippen molar-refractivity contribution >= 4 is 27.9 Å². The molecule has 0 aliphatic carbocycles. The molecule has 6 heteroatoms. The van der Waals surface area contributed by atoms with Crippen LogP contribution in [-0.2, 0) is 11.3 Å². The van der Waals surface area contributed by atoms with E-state index in [9.17, 15) is 9.59 Å². The van der Waals surface area contributed by atoms with Crippen molar-refractivity contribution in [2.45, 2.75) is 24.9 Å². The zero-order chi connectivity index (χ0) is 14.2. The van der Waals surface area contributed by atoms with Gasteiger partial charge in [-0.15, -0.1) is 0 Å². The summed E-state index contributed by atoms with van der Waals surface area (Å²) in [4.78, 5) is 25.4. The van der Waals surface area contributed by atoms with Crippen molar-refractivity contribution in [3.05, 3.63) is 34.3 Å². The summed E-state index contributed by atoms with van der Waals surface area (Å²) in [5, 5.41) is 5.11. The van der Waals surface area contributed by atoms with E-state index in [0.29, 0.717) is 12.8 Å². The summed E-state index contributed by atoms with van der Waals surface area (Å²) in [6.45, 7) is 2.49. The van der Waals surface area contributed by atoms with Gasteiger partial charge in [0.1, 0.15) is 5.54 Å². The van der Waals surface area contributed by atoms with Gasteiger partial charge in [-0.25, -0.2) is 4.79 Å². The smallest absolute Gasteiger partial charge is 0.322 e.